The predicted molar refractivity (Wildman–Crippen MR) is 154 cm³/mol. The van der Waals surface area contributed by atoms with E-state index in [-0.39, 0.29) is 42.4 Å². The first kappa shape index (κ1) is 31.1. The molecule has 4 rings (SSSR count). The third-order valence-corrected chi connectivity index (χ3v) is 8.12. The number of nitrogens with one attached hydrogen (secondary N) is 3. The Labute approximate surface area is 245 Å². The Bertz CT molecular complexity index is 1270. The molecule has 2 heterocycles. The van der Waals surface area contributed by atoms with Crippen molar-refractivity contribution < 1.29 is 28.3 Å². The summed E-state index contributed by atoms with van der Waals surface area (Å²) in [5, 5.41) is 12.4. The molecule has 0 bridgehead atoms. The second-order valence-corrected chi connectivity index (χ2v) is 11.0. The van der Waals surface area contributed by atoms with E-state index in [1.807, 2.05) is 6.92 Å². The maximum atomic E-state index is 15.3. The lowest BCUT2D eigenvalue weighted by molar-refractivity contribution is -0.146. The van der Waals surface area contributed by atoms with Gasteiger partial charge in [0.1, 0.15) is 23.6 Å². The van der Waals surface area contributed by atoms with E-state index in [0.29, 0.717) is 30.9 Å². The summed E-state index contributed by atoms with van der Waals surface area (Å²) in [6, 6.07) is 4.25. The minimum absolute atomic E-state index is 0.0245. The van der Waals surface area contributed by atoms with Gasteiger partial charge in [-0.2, -0.15) is 5.10 Å². The lowest BCUT2D eigenvalue weighted by atomic mass is 9.83. The molecule has 0 radical (unpaired) electrons. The Hall–Kier alpha value is -3.80. The van der Waals surface area contributed by atoms with Crippen LogP contribution in [0.3, 0.4) is 0 Å². The Balaban J connectivity index is 1.46. The van der Waals surface area contributed by atoms with Crippen LogP contribution in [0.4, 0.5) is 10.1 Å². The SMILES string of the molecule is CCC(=O)N[C@H](Cc1ccc(NC(=O)[C@@H](NC(=O)c2ccnn2CC)C2CCCCC2)c(F)c1)C(=O)N1CC(OC)C1. The van der Waals surface area contributed by atoms with Crippen LogP contribution in [-0.4, -0.2) is 76.7 Å². The molecule has 228 valence electrons. The first-order chi connectivity index (χ1) is 20.2. The maximum Gasteiger partial charge on any atom is 0.270 e. The number of ether oxygens (including phenoxy) is 1. The second kappa shape index (κ2) is 14.4. The average molecular weight is 585 g/mol. The molecule has 2 atom stereocenters. The molecule has 1 aromatic heterocycles. The van der Waals surface area contributed by atoms with Gasteiger partial charge in [-0.05, 0) is 49.4 Å². The molecule has 0 spiro atoms. The second-order valence-electron chi connectivity index (χ2n) is 11.0. The molecule has 1 aliphatic carbocycles. The van der Waals surface area contributed by atoms with Crippen molar-refractivity contribution in [2.24, 2.45) is 5.92 Å². The first-order valence-corrected chi connectivity index (χ1v) is 14.8. The van der Waals surface area contributed by atoms with Crippen molar-refractivity contribution in [3.63, 3.8) is 0 Å². The highest BCUT2D eigenvalue weighted by Crippen LogP contribution is 2.28. The molecule has 2 aliphatic rings. The normalized spacial score (nSPS) is 17.2. The van der Waals surface area contributed by atoms with Crippen molar-refractivity contribution in [2.45, 2.75) is 83.5 Å². The van der Waals surface area contributed by atoms with Crippen molar-refractivity contribution >= 4 is 29.3 Å². The fourth-order valence-electron chi connectivity index (χ4n) is 5.57. The van der Waals surface area contributed by atoms with Gasteiger partial charge in [0.15, 0.2) is 0 Å². The zero-order chi connectivity index (χ0) is 30.2. The predicted octanol–water partition coefficient (Wildman–Crippen LogP) is 2.65. The summed E-state index contributed by atoms with van der Waals surface area (Å²) < 4.78 is 22.1. The van der Waals surface area contributed by atoms with Crippen LogP contribution in [0, 0.1) is 11.7 Å². The van der Waals surface area contributed by atoms with E-state index in [4.69, 9.17) is 4.74 Å². The van der Waals surface area contributed by atoms with Crippen molar-refractivity contribution in [1.82, 2.24) is 25.3 Å². The standard InChI is InChI=1S/C30H41FN6O5/c1-4-26(38)33-24(30(41)36-17-21(18-36)42-3)16-19-11-12-23(22(31)15-19)34-29(40)27(20-9-7-6-8-10-20)35-28(39)25-13-14-32-37(25)5-2/h11-15,20-21,24,27H,4-10,16-18H2,1-3H3,(H,33,38)(H,34,40)(H,35,39)/t24-,27+/m1/s1. The summed E-state index contributed by atoms with van der Waals surface area (Å²) in [6.45, 7) is 4.95. The van der Waals surface area contributed by atoms with Crippen LogP contribution in [0.15, 0.2) is 30.5 Å². The van der Waals surface area contributed by atoms with Gasteiger partial charge in [0.2, 0.25) is 17.7 Å². The molecule has 0 unspecified atom stereocenters. The van der Waals surface area contributed by atoms with Crippen LogP contribution >= 0.6 is 0 Å². The molecule has 12 heteroatoms. The Kier molecular flexibility index (Phi) is 10.7. The highest BCUT2D eigenvalue weighted by molar-refractivity contribution is 6.00. The van der Waals surface area contributed by atoms with Crippen molar-refractivity contribution in [1.29, 1.82) is 0 Å². The molecule has 42 heavy (non-hydrogen) atoms. The van der Waals surface area contributed by atoms with E-state index < -0.39 is 29.7 Å². The minimum Gasteiger partial charge on any atom is -0.378 e. The lowest BCUT2D eigenvalue weighted by Gasteiger charge is -2.40. The molecule has 2 fully saturated rings. The van der Waals surface area contributed by atoms with Crippen LogP contribution in [0.25, 0.3) is 0 Å². The van der Waals surface area contributed by atoms with Gasteiger partial charge < -0.3 is 25.6 Å². The van der Waals surface area contributed by atoms with Gasteiger partial charge in [-0.15, -0.1) is 0 Å². The van der Waals surface area contributed by atoms with Gasteiger partial charge >= 0.3 is 0 Å². The summed E-state index contributed by atoms with van der Waals surface area (Å²) in [4.78, 5) is 53.3. The number of rotatable bonds is 12. The minimum atomic E-state index is -0.849. The van der Waals surface area contributed by atoms with Gasteiger partial charge in [0, 0.05) is 45.8 Å². The van der Waals surface area contributed by atoms with Gasteiger partial charge in [-0.25, -0.2) is 4.39 Å². The Morgan fingerprint density at radius 2 is 1.81 bits per heavy atom. The quantitative estimate of drug-likeness (QED) is 0.351. The molecule has 11 nitrogen and oxygen atoms in total. The number of likely N-dealkylation sites (tertiary alicyclic amines) is 1. The molecule has 2 aromatic rings. The molecule has 3 N–H and O–H groups in total. The van der Waals surface area contributed by atoms with Crippen LogP contribution < -0.4 is 16.0 Å². The van der Waals surface area contributed by atoms with E-state index >= 15 is 4.39 Å². The number of anilines is 1. The van der Waals surface area contributed by atoms with Crippen LogP contribution in [0.2, 0.25) is 0 Å². The number of carbonyl (C=O) groups excluding carboxylic acids is 4. The number of aromatic nitrogens is 2. The first-order valence-electron chi connectivity index (χ1n) is 14.8. The molecular formula is C30H41FN6O5. The summed E-state index contributed by atoms with van der Waals surface area (Å²) in [6.07, 6.45) is 6.37. The Morgan fingerprint density at radius 3 is 2.45 bits per heavy atom. The van der Waals surface area contributed by atoms with Crippen LogP contribution in [0.1, 0.15) is 68.4 Å². The zero-order valence-corrected chi connectivity index (χ0v) is 24.5. The summed E-state index contributed by atoms with van der Waals surface area (Å²) in [5.41, 5.74) is 0.828. The number of benzene rings is 1. The summed E-state index contributed by atoms with van der Waals surface area (Å²) in [7, 11) is 1.58. The lowest BCUT2D eigenvalue weighted by Crippen LogP contribution is -2.60. The van der Waals surface area contributed by atoms with Crippen molar-refractivity contribution in [3.05, 3.63) is 47.5 Å². The third-order valence-electron chi connectivity index (χ3n) is 8.12. The number of hydrogen-bond donors (Lipinski definition) is 3. The van der Waals surface area contributed by atoms with E-state index in [1.54, 1.807) is 35.7 Å². The van der Waals surface area contributed by atoms with Crippen molar-refractivity contribution in [3.8, 4) is 0 Å². The van der Waals surface area contributed by atoms with Gasteiger partial charge in [0.05, 0.1) is 11.8 Å². The number of carbonyl (C=O) groups is 4. The number of hydrogen-bond acceptors (Lipinski definition) is 6. The van der Waals surface area contributed by atoms with Gasteiger partial charge in [0.25, 0.3) is 5.91 Å². The van der Waals surface area contributed by atoms with E-state index in [1.165, 1.54) is 18.3 Å². The molecule has 1 saturated carbocycles. The van der Waals surface area contributed by atoms with E-state index in [0.717, 1.165) is 32.1 Å². The average Bonchev–Trinajstić information content (AvgIpc) is 3.46. The fourth-order valence-corrected chi connectivity index (χ4v) is 5.57. The molecule has 1 saturated heterocycles. The maximum absolute atomic E-state index is 15.3. The number of aryl methyl sites for hydroxylation is 1. The monoisotopic (exact) mass is 584 g/mol. The number of amides is 4. The highest BCUT2D eigenvalue weighted by atomic mass is 19.1. The fraction of sp³-hybridized carbons (Fsp3) is 0.567. The molecule has 1 aliphatic heterocycles. The molecule has 4 amide bonds. The number of methoxy groups -OCH3 is 1. The highest BCUT2D eigenvalue weighted by Gasteiger charge is 2.36. The van der Waals surface area contributed by atoms with E-state index in [2.05, 4.69) is 21.0 Å². The smallest absolute Gasteiger partial charge is 0.270 e. The topological polar surface area (TPSA) is 135 Å². The summed E-state index contributed by atoms with van der Waals surface area (Å²) >= 11 is 0. The van der Waals surface area contributed by atoms with Crippen LogP contribution in [0.5, 0.6) is 0 Å². The number of nitrogens with zero attached hydrogens (tertiary/aromatic N) is 3. The summed E-state index contributed by atoms with van der Waals surface area (Å²) in [5.74, 6) is -2.16. The largest absolute Gasteiger partial charge is 0.378 e. The van der Waals surface area contributed by atoms with E-state index in [9.17, 15) is 19.2 Å². The zero-order valence-electron chi connectivity index (χ0n) is 24.5. The Morgan fingerprint density at radius 1 is 1.07 bits per heavy atom. The van der Waals surface area contributed by atoms with Crippen molar-refractivity contribution in [2.75, 3.05) is 25.5 Å². The van der Waals surface area contributed by atoms with Crippen LogP contribution in [-0.2, 0) is 32.1 Å². The third kappa shape index (κ3) is 7.53. The molecular weight excluding hydrogens is 543 g/mol. The van der Waals surface area contributed by atoms with Gasteiger partial charge in [-0.3, -0.25) is 23.9 Å². The number of halogens is 1. The molecule has 1 aromatic carbocycles. The van der Waals surface area contributed by atoms with Gasteiger partial charge in [-0.1, -0.05) is 32.3 Å².